The van der Waals surface area contributed by atoms with Crippen LogP contribution in [0.1, 0.15) is 5.56 Å². The minimum atomic E-state index is -0.244. The minimum Gasteiger partial charge on any atom is -0.359 e. The SMILES string of the molecule is CN(C)NC(=O)C1=CNc2ccccc2C=N1. The molecule has 1 aliphatic heterocycles. The minimum absolute atomic E-state index is 0.244. The molecule has 5 nitrogen and oxygen atoms in total. The number of aliphatic imine (C=N–C) groups is 1. The van der Waals surface area contributed by atoms with Crippen LogP contribution in [-0.4, -0.2) is 31.2 Å². The van der Waals surface area contributed by atoms with E-state index in [1.54, 1.807) is 31.5 Å². The van der Waals surface area contributed by atoms with Gasteiger partial charge in [-0.05, 0) is 6.07 Å². The molecule has 17 heavy (non-hydrogen) atoms. The summed E-state index contributed by atoms with van der Waals surface area (Å²) in [4.78, 5) is 15.9. The van der Waals surface area contributed by atoms with Gasteiger partial charge in [0.25, 0.3) is 5.91 Å². The largest absolute Gasteiger partial charge is 0.359 e. The molecule has 2 rings (SSSR count). The van der Waals surface area contributed by atoms with Gasteiger partial charge in [-0.2, -0.15) is 0 Å². The number of fused-ring (bicyclic) bond motifs is 1. The fourth-order valence-electron chi connectivity index (χ4n) is 1.45. The van der Waals surface area contributed by atoms with E-state index < -0.39 is 0 Å². The Morgan fingerprint density at radius 1 is 1.35 bits per heavy atom. The number of para-hydroxylation sites is 1. The highest BCUT2D eigenvalue weighted by molar-refractivity contribution is 5.98. The summed E-state index contributed by atoms with van der Waals surface area (Å²) in [7, 11) is 3.50. The monoisotopic (exact) mass is 230 g/mol. The number of hydrogen-bond acceptors (Lipinski definition) is 4. The maximum Gasteiger partial charge on any atom is 0.285 e. The van der Waals surface area contributed by atoms with Crippen molar-refractivity contribution < 1.29 is 4.79 Å². The van der Waals surface area contributed by atoms with Gasteiger partial charge >= 0.3 is 0 Å². The van der Waals surface area contributed by atoms with Gasteiger partial charge in [-0.1, -0.05) is 18.2 Å². The molecule has 2 N–H and O–H groups in total. The van der Waals surface area contributed by atoms with Crippen molar-refractivity contribution in [2.75, 3.05) is 19.4 Å². The lowest BCUT2D eigenvalue weighted by molar-refractivity contribution is -0.121. The lowest BCUT2D eigenvalue weighted by Crippen LogP contribution is -2.36. The lowest BCUT2D eigenvalue weighted by atomic mass is 10.2. The first-order chi connectivity index (χ1) is 8.16. The molecule has 1 aromatic carbocycles. The summed E-state index contributed by atoms with van der Waals surface area (Å²) in [6.07, 6.45) is 3.28. The van der Waals surface area contributed by atoms with E-state index in [0.717, 1.165) is 11.3 Å². The maximum atomic E-state index is 11.7. The van der Waals surface area contributed by atoms with Crippen molar-refractivity contribution in [1.82, 2.24) is 10.4 Å². The van der Waals surface area contributed by atoms with E-state index in [2.05, 4.69) is 15.7 Å². The fourth-order valence-corrected chi connectivity index (χ4v) is 1.45. The molecule has 0 atom stereocenters. The molecule has 88 valence electrons. The predicted octanol–water partition coefficient (Wildman–Crippen LogP) is 0.965. The van der Waals surface area contributed by atoms with Gasteiger partial charge in [0.05, 0.1) is 0 Å². The Morgan fingerprint density at radius 2 is 2.12 bits per heavy atom. The standard InChI is InChI=1S/C12H14N4O/c1-16(2)15-12(17)11-8-14-10-6-4-3-5-9(10)7-13-11/h3-8,14H,1-2H3,(H,15,17). The summed E-state index contributed by atoms with van der Waals surface area (Å²) in [6, 6.07) is 7.73. The average Bonchev–Trinajstić information content (AvgIpc) is 2.50. The fraction of sp³-hybridized carbons (Fsp3) is 0.167. The molecule has 0 saturated heterocycles. The van der Waals surface area contributed by atoms with Gasteiger partial charge in [0.1, 0.15) is 5.70 Å². The van der Waals surface area contributed by atoms with Crippen molar-refractivity contribution in [3.63, 3.8) is 0 Å². The van der Waals surface area contributed by atoms with E-state index in [-0.39, 0.29) is 5.91 Å². The zero-order valence-electron chi connectivity index (χ0n) is 9.77. The van der Waals surface area contributed by atoms with Crippen molar-refractivity contribution in [1.29, 1.82) is 0 Å². The first kappa shape index (κ1) is 11.3. The van der Waals surface area contributed by atoms with Gasteiger partial charge in [-0.3, -0.25) is 10.2 Å². The number of hydrogen-bond donors (Lipinski definition) is 2. The van der Waals surface area contributed by atoms with E-state index in [4.69, 9.17) is 0 Å². The summed E-state index contributed by atoms with van der Waals surface area (Å²) in [5.74, 6) is -0.244. The van der Waals surface area contributed by atoms with Gasteiger partial charge < -0.3 is 5.32 Å². The Labute approximate surface area is 99.8 Å². The van der Waals surface area contributed by atoms with Crippen molar-refractivity contribution in [3.05, 3.63) is 41.7 Å². The van der Waals surface area contributed by atoms with E-state index in [1.165, 1.54) is 0 Å². The predicted molar refractivity (Wildman–Crippen MR) is 67.6 cm³/mol. The van der Waals surface area contributed by atoms with Crippen LogP contribution in [-0.2, 0) is 4.79 Å². The van der Waals surface area contributed by atoms with Crippen LogP contribution < -0.4 is 10.7 Å². The normalized spacial score (nSPS) is 13.5. The van der Waals surface area contributed by atoms with Gasteiger partial charge in [-0.15, -0.1) is 0 Å². The highest BCUT2D eigenvalue weighted by Crippen LogP contribution is 2.16. The number of nitrogens with one attached hydrogen (secondary N) is 2. The van der Waals surface area contributed by atoms with Crippen LogP contribution in [0.4, 0.5) is 5.69 Å². The molecule has 5 heteroatoms. The van der Waals surface area contributed by atoms with Crippen LogP contribution in [0.25, 0.3) is 0 Å². The molecule has 1 aliphatic rings. The van der Waals surface area contributed by atoms with Crippen molar-refractivity contribution >= 4 is 17.8 Å². The van der Waals surface area contributed by atoms with E-state index in [0.29, 0.717) is 5.70 Å². The Bertz CT molecular complexity index is 491. The van der Waals surface area contributed by atoms with E-state index >= 15 is 0 Å². The van der Waals surface area contributed by atoms with Gasteiger partial charge in [0.15, 0.2) is 0 Å². The lowest BCUT2D eigenvalue weighted by Gasteiger charge is -2.11. The Hall–Kier alpha value is -2.14. The quantitative estimate of drug-likeness (QED) is 0.744. The number of rotatable bonds is 2. The number of amides is 1. The molecule has 0 aromatic heterocycles. The molecular weight excluding hydrogens is 216 g/mol. The van der Waals surface area contributed by atoms with E-state index in [9.17, 15) is 4.79 Å². The molecule has 1 amide bonds. The third kappa shape index (κ3) is 2.70. The van der Waals surface area contributed by atoms with Crippen molar-refractivity contribution in [3.8, 4) is 0 Å². The summed E-state index contributed by atoms with van der Waals surface area (Å²) in [5, 5.41) is 4.64. The Balaban J connectivity index is 2.20. The third-order valence-electron chi connectivity index (χ3n) is 2.23. The van der Waals surface area contributed by atoms with Gasteiger partial charge in [0, 0.05) is 37.8 Å². The van der Waals surface area contributed by atoms with Crippen molar-refractivity contribution in [2.24, 2.45) is 4.99 Å². The first-order valence-electron chi connectivity index (χ1n) is 5.25. The molecule has 0 fully saturated rings. The third-order valence-corrected chi connectivity index (χ3v) is 2.23. The highest BCUT2D eigenvalue weighted by Gasteiger charge is 2.11. The maximum absolute atomic E-state index is 11.7. The zero-order chi connectivity index (χ0) is 12.3. The smallest absolute Gasteiger partial charge is 0.285 e. The summed E-state index contributed by atoms with van der Waals surface area (Å²) >= 11 is 0. The molecule has 1 heterocycles. The second kappa shape index (κ2) is 4.80. The van der Waals surface area contributed by atoms with Crippen molar-refractivity contribution in [2.45, 2.75) is 0 Å². The van der Waals surface area contributed by atoms with Gasteiger partial charge in [0.2, 0.25) is 0 Å². The second-order valence-electron chi connectivity index (χ2n) is 3.85. The van der Waals surface area contributed by atoms with Crippen LogP contribution in [0.5, 0.6) is 0 Å². The number of hydrazine groups is 1. The molecule has 0 radical (unpaired) electrons. The molecule has 0 spiro atoms. The average molecular weight is 230 g/mol. The molecule has 1 aromatic rings. The topological polar surface area (TPSA) is 56.7 Å². The molecule has 0 bridgehead atoms. The number of carbonyl (C=O) groups is 1. The Morgan fingerprint density at radius 3 is 2.88 bits per heavy atom. The first-order valence-corrected chi connectivity index (χ1v) is 5.25. The summed E-state index contributed by atoms with van der Waals surface area (Å²) in [6.45, 7) is 0. The molecule has 0 unspecified atom stereocenters. The second-order valence-corrected chi connectivity index (χ2v) is 3.85. The zero-order valence-corrected chi connectivity index (χ0v) is 9.77. The van der Waals surface area contributed by atoms with Crippen LogP contribution in [0.2, 0.25) is 0 Å². The number of carbonyl (C=O) groups excluding carboxylic acids is 1. The molecule has 0 aliphatic carbocycles. The number of benzene rings is 1. The van der Waals surface area contributed by atoms with Crippen LogP contribution in [0.15, 0.2) is 41.2 Å². The summed E-state index contributed by atoms with van der Waals surface area (Å²) in [5.41, 5.74) is 4.87. The van der Waals surface area contributed by atoms with Crippen LogP contribution in [0.3, 0.4) is 0 Å². The van der Waals surface area contributed by atoms with Crippen LogP contribution >= 0.6 is 0 Å². The van der Waals surface area contributed by atoms with E-state index in [1.807, 2.05) is 24.3 Å². The Kier molecular flexibility index (Phi) is 3.20. The number of nitrogens with zero attached hydrogens (tertiary/aromatic N) is 2. The van der Waals surface area contributed by atoms with Gasteiger partial charge in [-0.25, -0.2) is 10.0 Å². The number of anilines is 1. The highest BCUT2D eigenvalue weighted by atomic mass is 16.2. The molecule has 0 saturated carbocycles. The summed E-state index contributed by atoms with van der Waals surface area (Å²) < 4.78 is 0. The van der Waals surface area contributed by atoms with Crippen LogP contribution in [0, 0.1) is 0 Å². The molecular formula is C12H14N4O.